The molecule has 2 nitrogen and oxygen atoms in total. The van der Waals surface area contributed by atoms with Gasteiger partial charge in [0.2, 0.25) is 0 Å². The Hall–Kier alpha value is -0.100. The van der Waals surface area contributed by atoms with Crippen LogP contribution in [0, 0.1) is 0 Å². The first-order chi connectivity index (χ1) is 13.6. The number of unbranched alkanes of at least 4 members (excludes halogenated alkanes) is 11. The molecule has 0 spiro atoms. The quantitative estimate of drug-likeness (QED) is 0.107. The highest BCUT2D eigenvalue weighted by Crippen LogP contribution is 2.60. The molecule has 0 atom stereocenters. The van der Waals surface area contributed by atoms with E-state index in [0.29, 0.717) is 6.61 Å². The monoisotopic (exact) mass is 415 g/mol. The zero-order chi connectivity index (χ0) is 20.9. The van der Waals surface area contributed by atoms with E-state index >= 15 is 0 Å². The second-order valence-corrected chi connectivity index (χ2v) is 13.1. The van der Waals surface area contributed by atoms with E-state index in [1.54, 1.807) is 0 Å². The zero-order valence-electron chi connectivity index (χ0n) is 19.9. The van der Waals surface area contributed by atoms with Crippen LogP contribution in [-0.2, 0) is 9.53 Å². The summed E-state index contributed by atoms with van der Waals surface area (Å²) in [5.74, 6) is 0.117. The number of carbonyl (C=O) groups excluding carboxylic acids is 1. The maximum Gasteiger partial charge on any atom is 0.343 e. The molecule has 0 heterocycles. The van der Waals surface area contributed by atoms with Gasteiger partial charge in [-0.1, -0.05) is 79.1 Å². The number of hydrogen-bond donors (Lipinski definition) is 0. The largest absolute Gasteiger partial charge is 0.463 e. The Morgan fingerprint density at radius 2 is 0.964 bits per heavy atom. The number of esters is 1. The van der Waals surface area contributed by atoms with Gasteiger partial charge in [-0.25, -0.2) is 4.79 Å². The lowest BCUT2D eigenvalue weighted by atomic mass is 10.2. The fourth-order valence-corrected chi connectivity index (χ4v) is 8.52. The predicted octanol–water partition coefficient (Wildman–Crippen LogP) is 8.48. The molecule has 0 aliphatic rings. The minimum atomic E-state index is -1.20. The van der Waals surface area contributed by atoms with Crippen molar-refractivity contribution < 1.29 is 9.53 Å². The summed E-state index contributed by atoms with van der Waals surface area (Å²) in [5, 5.41) is 0. The molecule has 0 N–H and O–H groups in total. The van der Waals surface area contributed by atoms with E-state index in [2.05, 4.69) is 27.7 Å². The Morgan fingerprint density at radius 1 is 0.571 bits per heavy atom. The first kappa shape index (κ1) is 27.9. The third kappa shape index (κ3) is 15.8. The van der Waals surface area contributed by atoms with Gasteiger partial charge in [0.15, 0.2) is 6.16 Å². The lowest BCUT2D eigenvalue weighted by Crippen LogP contribution is -2.21. The Morgan fingerprint density at radius 3 is 1.36 bits per heavy atom. The Bertz CT molecular complexity index is 312. The topological polar surface area (TPSA) is 26.3 Å². The van der Waals surface area contributed by atoms with Gasteiger partial charge in [-0.2, -0.15) is 0 Å². The summed E-state index contributed by atoms with van der Waals surface area (Å²) >= 11 is 0. The van der Waals surface area contributed by atoms with E-state index in [1.165, 1.54) is 108 Å². The maximum absolute atomic E-state index is 12.7. The second kappa shape index (κ2) is 20.2. The molecule has 0 aliphatic heterocycles. The molecule has 168 valence electrons. The van der Waals surface area contributed by atoms with Crippen LogP contribution >= 0.6 is 7.26 Å². The second-order valence-electron chi connectivity index (χ2n) is 8.78. The summed E-state index contributed by atoms with van der Waals surface area (Å²) in [6.07, 6.45) is 24.0. The Kier molecular flexibility index (Phi) is 20.1. The Labute approximate surface area is 178 Å². The lowest BCUT2D eigenvalue weighted by molar-refractivity contribution is -0.140. The van der Waals surface area contributed by atoms with Gasteiger partial charge in [-0.05, 0) is 44.9 Å². The van der Waals surface area contributed by atoms with Crippen molar-refractivity contribution in [3.63, 3.8) is 0 Å². The summed E-state index contributed by atoms with van der Waals surface area (Å²) < 4.78 is 5.67. The lowest BCUT2D eigenvalue weighted by Gasteiger charge is -2.27. The van der Waals surface area contributed by atoms with Crippen molar-refractivity contribution in [3.05, 3.63) is 0 Å². The van der Waals surface area contributed by atoms with E-state index in [9.17, 15) is 4.79 Å². The summed E-state index contributed by atoms with van der Waals surface area (Å²) in [6, 6.07) is 0. The van der Waals surface area contributed by atoms with Crippen molar-refractivity contribution in [1.82, 2.24) is 0 Å². The summed E-state index contributed by atoms with van der Waals surface area (Å²) in [7, 11) is -1.20. The molecule has 3 heteroatoms. The molecule has 0 aromatic rings. The minimum absolute atomic E-state index is 0.117. The number of hydrogen-bond acceptors (Lipinski definition) is 2. The van der Waals surface area contributed by atoms with Gasteiger partial charge in [-0.3, -0.25) is 0 Å². The average Bonchev–Trinajstić information content (AvgIpc) is 2.69. The van der Waals surface area contributed by atoms with Crippen molar-refractivity contribution in [3.8, 4) is 0 Å². The van der Waals surface area contributed by atoms with Crippen molar-refractivity contribution in [2.75, 3.05) is 31.3 Å². The Balaban J connectivity index is 4.86. The van der Waals surface area contributed by atoms with E-state index in [-0.39, 0.29) is 5.97 Å². The molecule has 0 saturated heterocycles. The average molecular weight is 416 g/mol. The normalized spacial score (nSPS) is 11.7. The van der Waals surface area contributed by atoms with Crippen LogP contribution in [0.1, 0.15) is 124 Å². The first-order valence-corrected chi connectivity index (χ1v) is 15.2. The third-order valence-corrected chi connectivity index (χ3v) is 10.7. The SMILES string of the molecule is CCCCCC[P+](CCCCCC)(CCCCCC)CC(=O)OCCCCC. The molecule has 28 heavy (non-hydrogen) atoms. The van der Waals surface area contributed by atoms with Crippen molar-refractivity contribution in [2.45, 2.75) is 124 Å². The van der Waals surface area contributed by atoms with Crippen molar-refractivity contribution in [2.24, 2.45) is 0 Å². The van der Waals surface area contributed by atoms with Gasteiger partial charge in [0.05, 0.1) is 25.1 Å². The van der Waals surface area contributed by atoms with Gasteiger partial charge >= 0.3 is 5.97 Å². The highest BCUT2D eigenvalue weighted by molar-refractivity contribution is 7.76. The summed E-state index contributed by atoms with van der Waals surface area (Å²) in [5.41, 5.74) is 0. The van der Waals surface area contributed by atoms with E-state index in [4.69, 9.17) is 4.74 Å². The van der Waals surface area contributed by atoms with Crippen LogP contribution in [0.15, 0.2) is 0 Å². The first-order valence-electron chi connectivity index (χ1n) is 12.6. The standard InChI is InChI=1S/C25H52O2P/c1-5-9-13-17-21-28(22-18-14-10-6-2,23-19-15-11-7-3)24-25(26)27-20-16-12-8-4/h5-24H2,1-4H3/q+1. The maximum atomic E-state index is 12.7. The van der Waals surface area contributed by atoms with Crippen LogP contribution < -0.4 is 0 Å². The highest BCUT2D eigenvalue weighted by Gasteiger charge is 2.38. The van der Waals surface area contributed by atoms with E-state index < -0.39 is 7.26 Å². The molecule has 0 radical (unpaired) electrons. The van der Waals surface area contributed by atoms with Crippen LogP contribution in [0.2, 0.25) is 0 Å². The number of ether oxygens (including phenoxy) is 1. The molecule has 0 aromatic carbocycles. The fraction of sp³-hybridized carbons (Fsp3) is 0.960. The smallest absolute Gasteiger partial charge is 0.343 e. The van der Waals surface area contributed by atoms with E-state index in [0.717, 1.165) is 12.6 Å². The molecule has 0 amide bonds. The van der Waals surface area contributed by atoms with Gasteiger partial charge in [0, 0.05) is 7.26 Å². The fourth-order valence-electron chi connectivity index (χ4n) is 4.05. The van der Waals surface area contributed by atoms with Crippen LogP contribution in [0.25, 0.3) is 0 Å². The molecule has 0 rings (SSSR count). The van der Waals surface area contributed by atoms with Crippen LogP contribution in [-0.4, -0.2) is 37.2 Å². The molecular formula is C25H52O2P+. The van der Waals surface area contributed by atoms with Crippen LogP contribution in [0.3, 0.4) is 0 Å². The van der Waals surface area contributed by atoms with Crippen molar-refractivity contribution >= 4 is 13.2 Å². The number of carbonyl (C=O) groups is 1. The van der Waals surface area contributed by atoms with Gasteiger partial charge in [-0.15, -0.1) is 0 Å². The van der Waals surface area contributed by atoms with E-state index in [1.807, 2.05) is 0 Å². The third-order valence-electron chi connectivity index (χ3n) is 5.93. The summed E-state index contributed by atoms with van der Waals surface area (Å²) in [6.45, 7) is 9.68. The molecular weight excluding hydrogens is 363 g/mol. The number of rotatable bonds is 21. The summed E-state index contributed by atoms with van der Waals surface area (Å²) in [4.78, 5) is 12.7. The zero-order valence-corrected chi connectivity index (χ0v) is 20.8. The van der Waals surface area contributed by atoms with Crippen LogP contribution in [0.4, 0.5) is 0 Å². The molecule has 0 saturated carbocycles. The van der Waals surface area contributed by atoms with Gasteiger partial charge in [0.1, 0.15) is 0 Å². The molecule has 0 bridgehead atoms. The molecule has 0 unspecified atom stereocenters. The molecule has 0 aliphatic carbocycles. The van der Waals surface area contributed by atoms with Gasteiger partial charge in [0.25, 0.3) is 0 Å². The van der Waals surface area contributed by atoms with Crippen LogP contribution in [0.5, 0.6) is 0 Å². The van der Waals surface area contributed by atoms with Gasteiger partial charge < -0.3 is 4.74 Å². The predicted molar refractivity (Wildman–Crippen MR) is 129 cm³/mol. The molecule has 0 aromatic heterocycles. The molecule has 0 fully saturated rings. The van der Waals surface area contributed by atoms with Crippen molar-refractivity contribution in [1.29, 1.82) is 0 Å². The highest BCUT2D eigenvalue weighted by atomic mass is 31.2. The minimum Gasteiger partial charge on any atom is -0.463 e.